The molecular weight excluding hydrogens is 394 g/mol. The molecule has 0 unspecified atom stereocenters. The van der Waals surface area contributed by atoms with Crippen LogP contribution in [0.5, 0.6) is 0 Å². The molecule has 0 bridgehead atoms. The number of hydrogen-bond donors (Lipinski definition) is 0. The smallest absolute Gasteiger partial charge is 0.409 e. The number of carbonyl (C=O) groups excluding carboxylic acids is 2. The first-order valence-corrected chi connectivity index (χ1v) is 10.5. The van der Waals surface area contributed by atoms with Crippen molar-refractivity contribution in [3.05, 3.63) is 33.7 Å². The van der Waals surface area contributed by atoms with E-state index in [4.69, 9.17) is 4.74 Å². The molecule has 3 aromatic heterocycles. The third kappa shape index (κ3) is 3.59. The third-order valence-electron chi connectivity index (χ3n) is 5.13. The zero-order chi connectivity index (χ0) is 20.5. The number of hydrogen-bond acceptors (Lipinski definition) is 6. The summed E-state index contributed by atoms with van der Waals surface area (Å²) in [6.07, 6.45) is 2.18. The van der Waals surface area contributed by atoms with Crippen LogP contribution in [-0.2, 0) is 22.5 Å². The molecule has 3 aromatic rings. The normalized spacial score (nSPS) is 14.7. The summed E-state index contributed by atoms with van der Waals surface area (Å²) in [5.41, 5.74) is 1.20. The van der Waals surface area contributed by atoms with E-state index in [1.807, 2.05) is 6.07 Å². The number of nitrogens with zero attached hydrogens (tertiary/aromatic N) is 5. The van der Waals surface area contributed by atoms with E-state index in [0.717, 1.165) is 16.6 Å². The van der Waals surface area contributed by atoms with Crippen LogP contribution in [0.15, 0.2) is 23.3 Å². The van der Waals surface area contributed by atoms with Crippen LogP contribution in [0.1, 0.15) is 18.7 Å². The fourth-order valence-corrected chi connectivity index (χ4v) is 4.55. The van der Waals surface area contributed by atoms with E-state index in [9.17, 15) is 14.4 Å². The maximum Gasteiger partial charge on any atom is 0.409 e. The predicted octanol–water partition coefficient (Wildman–Crippen LogP) is 1.57. The summed E-state index contributed by atoms with van der Waals surface area (Å²) in [4.78, 5) is 41.7. The quantitative estimate of drug-likeness (QED) is 0.643. The summed E-state index contributed by atoms with van der Waals surface area (Å²) in [6.45, 7) is 5.73. The van der Waals surface area contributed by atoms with Crippen LogP contribution >= 0.6 is 11.3 Å². The second-order valence-electron chi connectivity index (χ2n) is 6.88. The van der Waals surface area contributed by atoms with Gasteiger partial charge in [-0.1, -0.05) is 6.92 Å². The van der Waals surface area contributed by atoms with E-state index in [1.54, 1.807) is 38.8 Å². The van der Waals surface area contributed by atoms with Crippen molar-refractivity contribution in [1.29, 1.82) is 0 Å². The van der Waals surface area contributed by atoms with Crippen LogP contribution in [0.4, 0.5) is 4.79 Å². The molecule has 0 aliphatic carbocycles. The molecule has 29 heavy (non-hydrogen) atoms. The predicted molar refractivity (Wildman–Crippen MR) is 109 cm³/mol. The number of rotatable bonds is 4. The van der Waals surface area contributed by atoms with Gasteiger partial charge in [0.05, 0.1) is 16.8 Å². The Hall–Kier alpha value is -2.88. The molecule has 1 aliphatic heterocycles. The fourth-order valence-electron chi connectivity index (χ4n) is 3.52. The van der Waals surface area contributed by atoms with Gasteiger partial charge in [0, 0.05) is 31.1 Å². The van der Waals surface area contributed by atoms with E-state index in [1.165, 1.54) is 9.56 Å². The lowest BCUT2D eigenvalue weighted by atomic mass is 10.3. The summed E-state index contributed by atoms with van der Waals surface area (Å²) >= 11 is 1.67. The van der Waals surface area contributed by atoms with E-state index >= 15 is 0 Å². The fraction of sp³-hybridized carbons (Fsp3) is 0.474. The molecule has 1 aliphatic rings. The third-order valence-corrected chi connectivity index (χ3v) is 6.35. The van der Waals surface area contributed by atoms with Crippen LogP contribution in [0.25, 0.3) is 15.7 Å². The molecule has 0 N–H and O–H groups in total. The number of ether oxygens (including phenoxy) is 1. The van der Waals surface area contributed by atoms with Crippen molar-refractivity contribution in [1.82, 2.24) is 24.0 Å². The van der Waals surface area contributed by atoms with Crippen LogP contribution in [0.2, 0.25) is 0 Å². The average Bonchev–Trinajstić information content (AvgIpc) is 3.28. The van der Waals surface area contributed by atoms with E-state index < -0.39 is 0 Å². The number of carbonyl (C=O) groups is 2. The van der Waals surface area contributed by atoms with Crippen LogP contribution in [0.3, 0.4) is 0 Å². The molecule has 0 spiro atoms. The molecule has 154 valence electrons. The largest absolute Gasteiger partial charge is 0.450 e. The van der Waals surface area contributed by atoms with Gasteiger partial charge in [-0.3, -0.25) is 14.0 Å². The van der Waals surface area contributed by atoms with Crippen molar-refractivity contribution in [2.75, 3.05) is 32.8 Å². The number of amides is 2. The number of fused-ring (bicyclic) bond motifs is 3. The molecule has 0 saturated carbocycles. The Labute approximate surface area is 171 Å². The van der Waals surface area contributed by atoms with Gasteiger partial charge in [0.1, 0.15) is 18.4 Å². The first kappa shape index (κ1) is 19.4. The van der Waals surface area contributed by atoms with Gasteiger partial charge in [0.15, 0.2) is 0 Å². The number of piperazine rings is 1. The highest BCUT2D eigenvalue weighted by Gasteiger charge is 2.25. The topological polar surface area (TPSA) is 89.2 Å². The Morgan fingerprint density at radius 1 is 1.10 bits per heavy atom. The molecule has 10 heteroatoms. The van der Waals surface area contributed by atoms with Crippen LogP contribution < -0.4 is 5.56 Å². The lowest BCUT2D eigenvalue weighted by Gasteiger charge is -2.34. The second kappa shape index (κ2) is 7.86. The second-order valence-corrected chi connectivity index (χ2v) is 8.04. The monoisotopic (exact) mass is 417 g/mol. The minimum Gasteiger partial charge on any atom is -0.450 e. The highest BCUT2D eigenvalue weighted by atomic mass is 32.1. The summed E-state index contributed by atoms with van der Waals surface area (Å²) in [5.74, 6) is -0.186. The van der Waals surface area contributed by atoms with Crippen molar-refractivity contribution in [3.8, 4) is 0 Å². The Kier molecular flexibility index (Phi) is 5.27. The summed E-state index contributed by atoms with van der Waals surface area (Å²) in [5, 5.41) is 4.21. The van der Waals surface area contributed by atoms with Gasteiger partial charge in [0.2, 0.25) is 5.91 Å². The first-order chi connectivity index (χ1) is 14.0. The molecule has 0 aromatic carbocycles. The summed E-state index contributed by atoms with van der Waals surface area (Å²) in [6, 6.07) is 3.94. The van der Waals surface area contributed by atoms with Crippen molar-refractivity contribution in [2.24, 2.45) is 0 Å². The lowest BCUT2D eigenvalue weighted by Crippen LogP contribution is -2.51. The molecular formula is C19H23N5O4S. The average molecular weight is 417 g/mol. The minimum atomic E-state index is -0.359. The van der Waals surface area contributed by atoms with Gasteiger partial charge in [-0.2, -0.15) is 5.10 Å². The molecule has 9 nitrogen and oxygen atoms in total. The molecule has 2 amide bonds. The van der Waals surface area contributed by atoms with Gasteiger partial charge in [-0.25, -0.2) is 9.48 Å². The standard InChI is InChI=1S/C19H23N5O4S/c1-3-13-9-14-16(29-13)10-15-18(26)24(20-12-23(14)15)11-17(25)21-5-7-22(8-6-21)19(27)28-4-2/h9-10,12H,3-8,11H2,1-2H3. The molecule has 0 atom stereocenters. The van der Waals surface area contributed by atoms with Crippen LogP contribution in [-0.4, -0.2) is 68.8 Å². The van der Waals surface area contributed by atoms with E-state index in [-0.39, 0.29) is 24.1 Å². The van der Waals surface area contributed by atoms with Crippen molar-refractivity contribution >= 4 is 39.1 Å². The lowest BCUT2D eigenvalue weighted by molar-refractivity contribution is -0.133. The molecule has 4 heterocycles. The highest BCUT2D eigenvalue weighted by Crippen LogP contribution is 2.28. The van der Waals surface area contributed by atoms with Gasteiger partial charge in [-0.15, -0.1) is 11.3 Å². The molecule has 1 saturated heterocycles. The number of aryl methyl sites for hydroxylation is 1. The number of thiophene rings is 1. The van der Waals surface area contributed by atoms with Crippen molar-refractivity contribution < 1.29 is 14.3 Å². The first-order valence-electron chi connectivity index (χ1n) is 9.71. The molecule has 1 fully saturated rings. The Balaban J connectivity index is 1.48. The Bertz CT molecular complexity index is 1120. The van der Waals surface area contributed by atoms with Gasteiger partial charge in [0.25, 0.3) is 5.56 Å². The Morgan fingerprint density at radius 3 is 2.52 bits per heavy atom. The van der Waals surface area contributed by atoms with E-state index in [2.05, 4.69) is 18.1 Å². The zero-order valence-corrected chi connectivity index (χ0v) is 17.3. The molecule has 4 rings (SSSR count). The van der Waals surface area contributed by atoms with Gasteiger partial charge < -0.3 is 14.5 Å². The minimum absolute atomic E-state index is 0.117. The summed E-state index contributed by atoms with van der Waals surface area (Å²) < 4.78 is 9.02. The van der Waals surface area contributed by atoms with Gasteiger partial charge >= 0.3 is 6.09 Å². The van der Waals surface area contributed by atoms with Crippen molar-refractivity contribution in [3.63, 3.8) is 0 Å². The zero-order valence-electron chi connectivity index (χ0n) is 16.5. The van der Waals surface area contributed by atoms with E-state index in [0.29, 0.717) is 38.3 Å². The van der Waals surface area contributed by atoms with Crippen LogP contribution in [0, 0.1) is 0 Å². The highest BCUT2D eigenvalue weighted by molar-refractivity contribution is 7.19. The van der Waals surface area contributed by atoms with Gasteiger partial charge in [-0.05, 0) is 25.5 Å². The molecule has 0 radical (unpaired) electrons. The number of aromatic nitrogens is 3. The maximum absolute atomic E-state index is 12.8. The maximum atomic E-state index is 12.8. The Morgan fingerprint density at radius 2 is 1.83 bits per heavy atom. The summed E-state index contributed by atoms with van der Waals surface area (Å²) in [7, 11) is 0. The van der Waals surface area contributed by atoms with Crippen molar-refractivity contribution in [2.45, 2.75) is 26.8 Å². The SMILES string of the molecule is CCOC(=O)N1CCN(C(=O)Cn2ncn3c(cc4sc(CC)cc43)c2=O)CC1.